The van der Waals surface area contributed by atoms with Gasteiger partial charge in [-0.15, -0.1) is 5.10 Å². The summed E-state index contributed by atoms with van der Waals surface area (Å²) in [5.74, 6) is 0.542. The molecule has 1 aromatic heterocycles. The van der Waals surface area contributed by atoms with Crippen molar-refractivity contribution in [2.45, 2.75) is 19.9 Å². The predicted molar refractivity (Wildman–Crippen MR) is 78.8 cm³/mol. The topological polar surface area (TPSA) is 78.8 Å². The molecule has 8 heteroatoms. The average molecular weight is 316 g/mol. The van der Waals surface area contributed by atoms with Gasteiger partial charge < -0.3 is 10.5 Å². The summed E-state index contributed by atoms with van der Waals surface area (Å²) in [6, 6.07) is 3.30. The van der Waals surface area contributed by atoms with Crippen molar-refractivity contribution in [3.05, 3.63) is 22.2 Å². The minimum absolute atomic E-state index is 0.380. The highest BCUT2D eigenvalue weighted by atomic mass is 35.5. The molecule has 0 aliphatic carbocycles. The fourth-order valence-corrected chi connectivity index (χ4v) is 2.20. The lowest BCUT2D eigenvalue weighted by Gasteiger charge is -2.08. The molecule has 0 saturated carbocycles. The first-order valence-corrected chi connectivity index (χ1v) is 6.98. The Balaban J connectivity index is 2.23. The highest BCUT2D eigenvalue weighted by Gasteiger charge is 2.15. The minimum atomic E-state index is 0.380. The summed E-state index contributed by atoms with van der Waals surface area (Å²) in [5.41, 5.74) is 6.92. The molecular formula is C12H15Cl2N5O. The van der Waals surface area contributed by atoms with Crippen LogP contribution in [0, 0.1) is 0 Å². The molecular weight excluding hydrogens is 301 g/mol. The molecule has 0 aliphatic rings. The van der Waals surface area contributed by atoms with Gasteiger partial charge in [0.05, 0.1) is 10.0 Å². The first-order valence-electron chi connectivity index (χ1n) is 6.22. The number of benzene rings is 1. The Kier molecular flexibility index (Phi) is 5.17. The number of halogens is 2. The summed E-state index contributed by atoms with van der Waals surface area (Å²) in [7, 11) is 0. The molecule has 0 fully saturated rings. The monoisotopic (exact) mass is 315 g/mol. The molecule has 2 rings (SSSR count). The molecule has 0 unspecified atom stereocenters. The third-order valence-corrected chi connectivity index (χ3v) is 3.49. The fourth-order valence-electron chi connectivity index (χ4n) is 1.78. The number of rotatable bonds is 6. The molecule has 2 aromatic rings. The van der Waals surface area contributed by atoms with Gasteiger partial charge in [0.2, 0.25) is 0 Å². The lowest BCUT2D eigenvalue weighted by Crippen LogP contribution is -2.06. The molecule has 0 radical (unpaired) electrons. The summed E-state index contributed by atoms with van der Waals surface area (Å²) >= 11 is 12.2. The number of nitrogens with zero attached hydrogens (tertiary/aromatic N) is 4. The third-order valence-electron chi connectivity index (χ3n) is 2.69. The molecule has 1 aromatic carbocycles. The Morgan fingerprint density at radius 2 is 2.15 bits per heavy atom. The van der Waals surface area contributed by atoms with Crippen molar-refractivity contribution in [2.24, 2.45) is 0 Å². The number of tetrazole rings is 1. The molecule has 20 heavy (non-hydrogen) atoms. The molecule has 0 bridgehead atoms. The summed E-state index contributed by atoms with van der Waals surface area (Å²) in [6.07, 6.45) is 0.805. The van der Waals surface area contributed by atoms with Crippen LogP contribution >= 0.6 is 23.2 Å². The average Bonchev–Trinajstić information content (AvgIpc) is 2.87. The highest BCUT2D eigenvalue weighted by Crippen LogP contribution is 2.34. The van der Waals surface area contributed by atoms with E-state index in [1.807, 2.05) is 6.92 Å². The normalized spacial score (nSPS) is 10.9. The van der Waals surface area contributed by atoms with Crippen LogP contribution in [-0.2, 0) is 11.3 Å². The van der Waals surface area contributed by atoms with E-state index >= 15 is 0 Å². The third kappa shape index (κ3) is 3.39. The zero-order chi connectivity index (χ0) is 14.5. The van der Waals surface area contributed by atoms with Crippen LogP contribution in [0.4, 0.5) is 5.69 Å². The molecule has 0 aliphatic heterocycles. The van der Waals surface area contributed by atoms with E-state index in [4.69, 9.17) is 33.7 Å². The quantitative estimate of drug-likeness (QED) is 0.655. The van der Waals surface area contributed by atoms with Gasteiger partial charge in [-0.3, -0.25) is 0 Å². The molecule has 6 nitrogen and oxygen atoms in total. The van der Waals surface area contributed by atoms with Gasteiger partial charge in [0, 0.05) is 31.0 Å². The van der Waals surface area contributed by atoms with Crippen LogP contribution in [-0.4, -0.2) is 33.4 Å². The molecule has 0 spiro atoms. The van der Waals surface area contributed by atoms with Gasteiger partial charge in [0.1, 0.15) is 0 Å². The van der Waals surface area contributed by atoms with Crippen LogP contribution in [0.5, 0.6) is 0 Å². The number of aromatic nitrogens is 4. The second kappa shape index (κ2) is 6.88. The Labute approximate surface area is 126 Å². The van der Waals surface area contributed by atoms with E-state index in [9.17, 15) is 0 Å². The number of anilines is 1. The van der Waals surface area contributed by atoms with Gasteiger partial charge in [-0.05, 0) is 35.9 Å². The van der Waals surface area contributed by atoms with Gasteiger partial charge >= 0.3 is 0 Å². The Morgan fingerprint density at radius 3 is 2.90 bits per heavy atom. The van der Waals surface area contributed by atoms with E-state index in [1.165, 1.54) is 0 Å². The number of hydrogen-bond donors (Lipinski definition) is 1. The predicted octanol–water partition coefficient (Wildman–Crippen LogP) is 2.66. The lowest BCUT2D eigenvalue weighted by molar-refractivity contribution is 0.140. The molecule has 0 amide bonds. The fraction of sp³-hybridized carbons (Fsp3) is 0.417. The maximum Gasteiger partial charge on any atom is 0.183 e. The van der Waals surface area contributed by atoms with Gasteiger partial charge in [0.15, 0.2) is 5.82 Å². The van der Waals surface area contributed by atoms with E-state index in [0.717, 1.165) is 6.42 Å². The van der Waals surface area contributed by atoms with Gasteiger partial charge in [-0.1, -0.05) is 23.2 Å². The number of nitrogen functional groups attached to an aromatic ring is 1. The van der Waals surface area contributed by atoms with Crippen molar-refractivity contribution in [1.82, 2.24) is 20.2 Å². The zero-order valence-electron chi connectivity index (χ0n) is 11.0. The van der Waals surface area contributed by atoms with Crippen LogP contribution in [0.2, 0.25) is 10.0 Å². The smallest absolute Gasteiger partial charge is 0.183 e. The van der Waals surface area contributed by atoms with Crippen molar-refractivity contribution in [3.8, 4) is 11.4 Å². The van der Waals surface area contributed by atoms with Gasteiger partial charge in [-0.25, -0.2) is 4.68 Å². The van der Waals surface area contributed by atoms with Gasteiger partial charge in [-0.2, -0.15) is 0 Å². The molecule has 108 valence electrons. The largest absolute Gasteiger partial charge is 0.399 e. The lowest BCUT2D eigenvalue weighted by atomic mass is 10.2. The number of ether oxygens (including phenoxy) is 1. The Morgan fingerprint density at radius 1 is 1.35 bits per heavy atom. The van der Waals surface area contributed by atoms with Crippen molar-refractivity contribution in [2.75, 3.05) is 18.9 Å². The first kappa shape index (κ1) is 15.0. The van der Waals surface area contributed by atoms with E-state index in [2.05, 4.69) is 15.5 Å². The number of nitrogens with two attached hydrogens (primary N) is 1. The van der Waals surface area contributed by atoms with E-state index in [1.54, 1.807) is 16.8 Å². The summed E-state index contributed by atoms with van der Waals surface area (Å²) in [5, 5.41) is 12.4. The minimum Gasteiger partial charge on any atom is -0.399 e. The van der Waals surface area contributed by atoms with Crippen molar-refractivity contribution in [1.29, 1.82) is 0 Å². The van der Waals surface area contributed by atoms with Crippen LogP contribution in [0.3, 0.4) is 0 Å². The second-order valence-corrected chi connectivity index (χ2v) is 4.93. The van der Waals surface area contributed by atoms with E-state index in [-0.39, 0.29) is 0 Å². The number of aryl methyl sites for hydroxylation is 1. The van der Waals surface area contributed by atoms with Crippen LogP contribution in [0.1, 0.15) is 13.3 Å². The molecule has 0 atom stereocenters. The van der Waals surface area contributed by atoms with Crippen molar-refractivity contribution in [3.63, 3.8) is 0 Å². The maximum atomic E-state index is 6.19. The molecule has 2 N–H and O–H groups in total. The summed E-state index contributed by atoms with van der Waals surface area (Å²) in [4.78, 5) is 0. The summed E-state index contributed by atoms with van der Waals surface area (Å²) in [6.45, 7) is 3.93. The van der Waals surface area contributed by atoms with Crippen LogP contribution < -0.4 is 5.73 Å². The zero-order valence-corrected chi connectivity index (χ0v) is 12.5. The van der Waals surface area contributed by atoms with Crippen LogP contribution in [0.15, 0.2) is 12.1 Å². The van der Waals surface area contributed by atoms with Crippen molar-refractivity contribution >= 4 is 28.9 Å². The van der Waals surface area contributed by atoms with E-state index < -0.39 is 0 Å². The first-order chi connectivity index (χ1) is 9.63. The standard InChI is InChI=1S/C12H15Cl2N5O/c1-2-20-5-3-4-19-12(16-17-18-19)9-6-8(15)7-10(13)11(9)14/h6-7H,2-5,15H2,1H3. The maximum absolute atomic E-state index is 6.19. The van der Waals surface area contributed by atoms with Crippen molar-refractivity contribution < 1.29 is 4.74 Å². The Hall–Kier alpha value is -1.37. The number of hydrogen-bond acceptors (Lipinski definition) is 5. The SMILES string of the molecule is CCOCCCn1nnnc1-c1cc(N)cc(Cl)c1Cl. The molecule has 1 heterocycles. The van der Waals surface area contributed by atoms with E-state index in [0.29, 0.717) is 46.9 Å². The van der Waals surface area contributed by atoms with Crippen LogP contribution in [0.25, 0.3) is 11.4 Å². The highest BCUT2D eigenvalue weighted by molar-refractivity contribution is 6.43. The molecule has 0 saturated heterocycles. The Bertz CT molecular complexity index is 587. The summed E-state index contributed by atoms with van der Waals surface area (Å²) < 4.78 is 6.95. The second-order valence-electron chi connectivity index (χ2n) is 4.14. The van der Waals surface area contributed by atoms with Gasteiger partial charge in [0.25, 0.3) is 0 Å².